The van der Waals surface area contributed by atoms with Crippen LogP contribution in [0.3, 0.4) is 0 Å². The average molecular weight is 227 g/mol. The maximum Gasteiger partial charge on any atom is 0.0881 e. The molecule has 0 bridgehead atoms. The maximum absolute atomic E-state index is 6.16. The van der Waals surface area contributed by atoms with E-state index >= 15 is 0 Å². The normalized spacial score (nSPS) is 29.8. The summed E-state index contributed by atoms with van der Waals surface area (Å²) >= 11 is 0. The van der Waals surface area contributed by atoms with E-state index in [2.05, 4.69) is 19.2 Å². The Morgan fingerprint density at radius 1 is 1.19 bits per heavy atom. The Morgan fingerprint density at radius 2 is 1.88 bits per heavy atom. The van der Waals surface area contributed by atoms with Crippen LogP contribution in [0.4, 0.5) is 0 Å². The van der Waals surface area contributed by atoms with Gasteiger partial charge in [-0.05, 0) is 5.92 Å². The first-order valence-electron chi connectivity index (χ1n) is 6.77. The second kappa shape index (κ2) is 5.48. The molecule has 2 saturated heterocycles. The van der Waals surface area contributed by atoms with Crippen molar-refractivity contribution in [2.45, 2.75) is 51.2 Å². The molecular weight excluding hydrogens is 202 g/mol. The number of hydrogen-bond acceptors (Lipinski definition) is 3. The first-order chi connectivity index (χ1) is 7.82. The van der Waals surface area contributed by atoms with Gasteiger partial charge in [-0.3, -0.25) is 0 Å². The van der Waals surface area contributed by atoms with Crippen LogP contribution in [0.25, 0.3) is 0 Å². The third-order valence-electron chi connectivity index (χ3n) is 4.28. The third-order valence-corrected chi connectivity index (χ3v) is 4.28. The zero-order chi connectivity index (χ0) is 11.4. The van der Waals surface area contributed by atoms with Gasteiger partial charge in [0.1, 0.15) is 0 Å². The highest BCUT2D eigenvalue weighted by molar-refractivity contribution is 5.00. The van der Waals surface area contributed by atoms with Gasteiger partial charge in [0.25, 0.3) is 0 Å². The molecule has 2 heterocycles. The Bertz CT molecular complexity index is 202. The van der Waals surface area contributed by atoms with Crippen molar-refractivity contribution in [3.63, 3.8) is 0 Å². The molecular formula is C13H25NO2. The van der Waals surface area contributed by atoms with Crippen LogP contribution in [0, 0.1) is 5.92 Å². The fourth-order valence-corrected chi connectivity index (χ4v) is 3.27. The van der Waals surface area contributed by atoms with Crippen LogP contribution in [0.1, 0.15) is 39.5 Å². The van der Waals surface area contributed by atoms with Crippen molar-refractivity contribution in [2.24, 2.45) is 5.92 Å². The van der Waals surface area contributed by atoms with Gasteiger partial charge in [0, 0.05) is 38.6 Å². The second-order valence-corrected chi connectivity index (χ2v) is 5.03. The van der Waals surface area contributed by atoms with Gasteiger partial charge in [0.2, 0.25) is 0 Å². The minimum atomic E-state index is 0.0627. The van der Waals surface area contributed by atoms with E-state index in [1.54, 1.807) is 0 Å². The highest BCUT2D eigenvalue weighted by atomic mass is 16.5. The van der Waals surface area contributed by atoms with Gasteiger partial charge in [-0.2, -0.15) is 0 Å². The number of nitrogens with one attached hydrogen (secondary N) is 1. The molecule has 2 rings (SSSR count). The Morgan fingerprint density at radius 3 is 2.50 bits per heavy atom. The summed E-state index contributed by atoms with van der Waals surface area (Å²) in [5.41, 5.74) is 0.0627. The van der Waals surface area contributed by atoms with E-state index in [1.165, 1.54) is 12.8 Å². The van der Waals surface area contributed by atoms with Crippen molar-refractivity contribution in [1.29, 1.82) is 0 Å². The van der Waals surface area contributed by atoms with Crippen LogP contribution in [-0.2, 0) is 9.47 Å². The zero-order valence-corrected chi connectivity index (χ0v) is 10.6. The first kappa shape index (κ1) is 12.3. The molecule has 0 aromatic rings. The molecule has 0 aromatic carbocycles. The van der Waals surface area contributed by atoms with E-state index in [0.717, 1.165) is 45.1 Å². The molecule has 1 unspecified atom stereocenters. The van der Waals surface area contributed by atoms with Gasteiger partial charge in [-0.15, -0.1) is 0 Å². The molecule has 0 aliphatic carbocycles. The summed E-state index contributed by atoms with van der Waals surface area (Å²) in [7, 11) is 0. The van der Waals surface area contributed by atoms with Crippen molar-refractivity contribution in [1.82, 2.24) is 5.32 Å². The first-order valence-corrected chi connectivity index (χ1v) is 6.77. The molecule has 2 aliphatic heterocycles. The van der Waals surface area contributed by atoms with Gasteiger partial charge < -0.3 is 14.8 Å². The molecule has 0 aromatic heterocycles. The minimum Gasteiger partial charge on any atom is -0.381 e. The maximum atomic E-state index is 6.16. The van der Waals surface area contributed by atoms with Crippen molar-refractivity contribution in [2.75, 3.05) is 26.4 Å². The Hall–Kier alpha value is -0.120. The fourth-order valence-electron chi connectivity index (χ4n) is 3.27. The molecule has 16 heavy (non-hydrogen) atoms. The van der Waals surface area contributed by atoms with Crippen LogP contribution in [0.2, 0.25) is 0 Å². The van der Waals surface area contributed by atoms with Gasteiger partial charge in [-0.25, -0.2) is 0 Å². The van der Waals surface area contributed by atoms with E-state index in [9.17, 15) is 0 Å². The minimum absolute atomic E-state index is 0.0627. The van der Waals surface area contributed by atoms with Crippen LogP contribution < -0.4 is 5.32 Å². The lowest BCUT2D eigenvalue weighted by Crippen LogP contribution is -2.62. The molecule has 0 radical (unpaired) electrons. The smallest absolute Gasteiger partial charge is 0.0881 e. The Balaban J connectivity index is 2.11. The third kappa shape index (κ3) is 2.27. The largest absolute Gasteiger partial charge is 0.381 e. The van der Waals surface area contributed by atoms with Crippen LogP contribution in [0.5, 0.6) is 0 Å². The summed E-state index contributed by atoms with van der Waals surface area (Å²) in [6.07, 6.45) is 4.59. The highest BCUT2D eigenvalue weighted by Gasteiger charge is 2.45. The van der Waals surface area contributed by atoms with Gasteiger partial charge in [0.15, 0.2) is 0 Å². The van der Waals surface area contributed by atoms with Gasteiger partial charge in [0.05, 0.1) is 12.2 Å². The summed E-state index contributed by atoms with van der Waals surface area (Å²) in [5.74, 6) is 0.735. The van der Waals surface area contributed by atoms with E-state index in [-0.39, 0.29) is 5.60 Å². The van der Waals surface area contributed by atoms with Crippen LogP contribution in [-0.4, -0.2) is 38.0 Å². The number of rotatable bonds is 3. The van der Waals surface area contributed by atoms with Crippen molar-refractivity contribution >= 4 is 0 Å². The lowest BCUT2D eigenvalue weighted by atomic mass is 9.76. The molecule has 3 nitrogen and oxygen atoms in total. The van der Waals surface area contributed by atoms with E-state index in [1.807, 2.05) is 0 Å². The SMILES string of the molecule is CCC(CC)C1NCCOC12CCOCC2. The lowest BCUT2D eigenvalue weighted by molar-refractivity contribution is -0.158. The molecule has 0 saturated carbocycles. The summed E-state index contributed by atoms with van der Waals surface area (Å²) in [6, 6.07) is 0.528. The molecule has 2 fully saturated rings. The summed E-state index contributed by atoms with van der Waals surface area (Å²) in [5, 5.41) is 3.70. The van der Waals surface area contributed by atoms with Crippen LogP contribution in [0.15, 0.2) is 0 Å². The monoisotopic (exact) mass is 227 g/mol. The number of hydrogen-bond donors (Lipinski definition) is 1. The fraction of sp³-hybridized carbons (Fsp3) is 1.00. The summed E-state index contributed by atoms with van der Waals surface area (Å²) < 4.78 is 11.6. The highest BCUT2D eigenvalue weighted by Crippen LogP contribution is 2.36. The molecule has 0 amide bonds. The summed E-state index contributed by atoms with van der Waals surface area (Å²) in [4.78, 5) is 0. The Labute approximate surface area is 98.9 Å². The molecule has 2 aliphatic rings. The molecule has 1 N–H and O–H groups in total. The van der Waals surface area contributed by atoms with Gasteiger partial charge in [-0.1, -0.05) is 26.7 Å². The topological polar surface area (TPSA) is 30.5 Å². The lowest BCUT2D eigenvalue weighted by Gasteiger charge is -2.49. The molecule has 3 heteroatoms. The predicted octanol–water partition coefficient (Wildman–Crippen LogP) is 1.96. The van der Waals surface area contributed by atoms with E-state index in [0.29, 0.717) is 6.04 Å². The van der Waals surface area contributed by atoms with Gasteiger partial charge >= 0.3 is 0 Å². The predicted molar refractivity (Wildman–Crippen MR) is 64.6 cm³/mol. The quantitative estimate of drug-likeness (QED) is 0.799. The van der Waals surface area contributed by atoms with E-state index < -0.39 is 0 Å². The number of ether oxygens (including phenoxy) is 2. The van der Waals surface area contributed by atoms with Crippen molar-refractivity contribution in [3.8, 4) is 0 Å². The van der Waals surface area contributed by atoms with Crippen molar-refractivity contribution in [3.05, 3.63) is 0 Å². The Kier molecular flexibility index (Phi) is 4.22. The van der Waals surface area contributed by atoms with Crippen LogP contribution >= 0.6 is 0 Å². The van der Waals surface area contributed by atoms with E-state index in [4.69, 9.17) is 9.47 Å². The molecule has 1 spiro atoms. The standard InChI is InChI=1S/C13H25NO2/c1-3-11(4-2)12-13(16-10-7-14-12)5-8-15-9-6-13/h11-12,14H,3-10H2,1-2H3. The second-order valence-electron chi connectivity index (χ2n) is 5.03. The zero-order valence-electron chi connectivity index (χ0n) is 10.6. The summed E-state index contributed by atoms with van der Waals surface area (Å²) in [6.45, 7) is 8.16. The molecule has 94 valence electrons. The number of morpholine rings is 1. The molecule has 1 atom stereocenters. The van der Waals surface area contributed by atoms with Crippen molar-refractivity contribution < 1.29 is 9.47 Å². The average Bonchev–Trinajstić information content (AvgIpc) is 2.34.